The summed E-state index contributed by atoms with van der Waals surface area (Å²) in [6.45, 7) is 3.73. The van der Waals surface area contributed by atoms with Crippen molar-refractivity contribution in [2.24, 2.45) is 0 Å². The number of nitrogens with one attached hydrogen (secondary N) is 1. The lowest BCUT2D eigenvalue weighted by Gasteiger charge is -2.18. The third kappa shape index (κ3) is 2.42. The first-order valence-corrected chi connectivity index (χ1v) is 7.15. The van der Waals surface area contributed by atoms with Crippen LogP contribution < -0.4 is 5.32 Å². The second kappa shape index (κ2) is 5.39. The molecular weight excluding hydrogens is 300 g/mol. The van der Waals surface area contributed by atoms with Crippen molar-refractivity contribution in [2.75, 3.05) is 5.32 Å². The Morgan fingerprint density at radius 2 is 1.64 bits per heavy atom. The number of carbonyl (C=O) groups is 2. The normalized spacial score (nSPS) is 14.1. The summed E-state index contributed by atoms with van der Waals surface area (Å²) in [4.78, 5) is 29.0. The molecule has 3 rings (SSSR count). The zero-order chi connectivity index (χ0) is 15.9. The van der Waals surface area contributed by atoms with Crippen molar-refractivity contribution < 1.29 is 9.59 Å². The summed E-state index contributed by atoms with van der Waals surface area (Å²) in [5.74, 6) is -0.762. The summed E-state index contributed by atoms with van der Waals surface area (Å²) in [6, 6.07) is 10.8. The molecule has 0 saturated heterocycles. The van der Waals surface area contributed by atoms with Gasteiger partial charge in [-0.1, -0.05) is 29.3 Å². The van der Waals surface area contributed by atoms with Gasteiger partial charge in [-0.25, -0.2) is 4.98 Å². The number of hydrogen-bond donors (Lipinski definition) is 1. The summed E-state index contributed by atoms with van der Waals surface area (Å²) in [5, 5.41) is 2.81. The fourth-order valence-corrected chi connectivity index (χ4v) is 2.48. The first-order valence-electron chi connectivity index (χ1n) is 6.78. The smallest absolute Gasteiger partial charge is 0.225 e. The molecule has 0 saturated carbocycles. The number of Topliss-reactive ketones (excluding diaryl/α,β-unsaturated/α-hetero) is 2. The Kier molecular flexibility index (Phi) is 3.54. The van der Waals surface area contributed by atoms with Gasteiger partial charge in [0.15, 0.2) is 0 Å². The Bertz CT molecular complexity index is 823. The molecule has 0 aliphatic heterocycles. The molecule has 1 N–H and O–H groups in total. The summed E-state index contributed by atoms with van der Waals surface area (Å²) in [5.41, 5.74) is 2.94. The molecular formula is C17H13ClN2O2. The number of nitrogens with zero attached hydrogens (tertiary/aromatic N) is 1. The van der Waals surface area contributed by atoms with Crippen molar-refractivity contribution in [1.82, 2.24) is 4.98 Å². The number of pyridine rings is 1. The van der Waals surface area contributed by atoms with Crippen LogP contribution in [0.3, 0.4) is 0 Å². The molecule has 0 bridgehead atoms. The number of benzene rings is 1. The molecule has 0 radical (unpaired) electrons. The molecule has 4 nitrogen and oxygen atoms in total. The van der Waals surface area contributed by atoms with Crippen molar-refractivity contribution in [3.05, 3.63) is 69.6 Å². The van der Waals surface area contributed by atoms with Gasteiger partial charge in [-0.3, -0.25) is 9.59 Å². The number of rotatable bonds is 2. The summed E-state index contributed by atoms with van der Waals surface area (Å²) in [6.07, 6.45) is 0. The third-order valence-electron chi connectivity index (χ3n) is 3.46. The van der Waals surface area contributed by atoms with Crippen LogP contribution in [-0.2, 0) is 0 Å². The van der Waals surface area contributed by atoms with E-state index < -0.39 is 5.78 Å². The van der Waals surface area contributed by atoms with Crippen molar-refractivity contribution in [1.29, 1.82) is 0 Å². The van der Waals surface area contributed by atoms with E-state index in [9.17, 15) is 9.59 Å². The van der Waals surface area contributed by atoms with Gasteiger partial charge in [-0.2, -0.15) is 0 Å². The fraction of sp³-hybridized carbons (Fsp3) is 0.118. The predicted octanol–water partition coefficient (Wildman–Crippen LogP) is 3.64. The average Bonchev–Trinajstić information content (AvgIpc) is 2.51. The molecule has 1 aliphatic carbocycles. The number of hydrogen-bond acceptors (Lipinski definition) is 4. The number of carbonyl (C=O) groups excluding carboxylic acids is 2. The van der Waals surface area contributed by atoms with E-state index in [-0.39, 0.29) is 27.8 Å². The Labute approximate surface area is 132 Å². The number of aryl methyl sites for hydroxylation is 2. The Hall–Kier alpha value is -2.46. The van der Waals surface area contributed by atoms with Gasteiger partial charge in [0, 0.05) is 11.4 Å². The number of anilines is 1. The van der Waals surface area contributed by atoms with Crippen LogP contribution in [0.4, 0.5) is 5.69 Å². The van der Waals surface area contributed by atoms with Gasteiger partial charge in [0.05, 0.1) is 5.56 Å². The minimum atomic E-state index is -0.436. The number of halogens is 1. The zero-order valence-corrected chi connectivity index (χ0v) is 12.9. The van der Waals surface area contributed by atoms with Crippen molar-refractivity contribution in [2.45, 2.75) is 13.8 Å². The van der Waals surface area contributed by atoms with Crippen LogP contribution >= 0.6 is 11.6 Å². The molecule has 0 atom stereocenters. The van der Waals surface area contributed by atoms with Crippen LogP contribution in [0.5, 0.6) is 0 Å². The highest BCUT2D eigenvalue weighted by molar-refractivity contribution is 6.50. The van der Waals surface area contributed by atoms with Crippen LogP contribution in [0, 0.1) is 13.8 Å². The monoisotopic (exact) mass is 312 g/mol. The van der Waals surface area contributed by atoms with Gasteiger partial charge in [0.2, 0.25) is 11.6 Å². The van der Waals surface area contributed by atoms with Crippen LogP contribution in [0.1, 0.15) is 32.1 Å². The molecule has 1 aromatic carbocycles. The maximum Gasteiger partial charge on any atom is 0.225 e. The number of fused-ring (bicyclic) bond motifs is 1. The summed E-state index contributed by atoms with van der Waals surface area (Å²) >= 11 is 6.10. The second-order valence-corrected chi connectivity index (χ2v) is 5.57. The molecule has 0 spiro atoms. The van der Waals surface area contributed by atoms with E-state index in [1.807, 2.05) is 31.2 Å². The van der Waals surface area contributed by atoms with Gasteiger partial charge in [0.25, 0.3) is 0 Å². The van der Waals surface area contributed by atoms with Gasteiger partial charge >= 0.3 is 0 Å². The fourth-order valence-electron chi connectivity index (χ4n) is 2.26. The van der Waals surface area contributed by atoms with Gasteiger partial charge in [0.1, 0.15) is 16.4 Å². The maximum atomic E-state index is 12.6. The SMILES string of the molecule is Cc1ccc(NC2=C(Cl)C(=O)c3nc(C)ccc3C2=O)cc1. The average molecular weight is 313 g/mol. The van der Waals surface area contributed by atoms with Gasteiger partial charge in [-0.05, 0) is 38.1 Å². The quantitative estimate of drug-likeness (QED) is 0.919. The van der Waals surface area contributed by atoms with Crippen molar-refractivity contribution in [3.8, 4) is 0 Å². The number of ketones is 2. The zero-order valence-electron chi connectivity index (χ0n) is 12.1. The third-order valence-corrected chi connectivity index (χ3v) is 3.82. The van der Waals surface area contributed by atoms with Crippen molar-refractivity contribution >= 4 is 28.9 Å². The first kappa shape index (κ1) is 14.5. The number of allylic oxidation sites excluding steroid dienone is 2. The lowest BCUT2D eigenvalue weighted by atomic mass is 9.96. The highest BCUT2D eigenvalue weighted by Gasteiger charge is 2.32. The summed E-state index contributed by atoms with van der Waals surface area (Å²) < 4.78 is 0. The molecule has 5 heteroatoms. The van der Waals surface area contributed by atoms with E-state index in [1.165, 1.54) is 0 Å². The lowest BCUT2D eigenvalue weighted by molar-refractivity contribution is 0.0978. The molecule has 22 heavy (non-hydrogen) atoms. The highest BCUT2D eigenvalue weighted by atomic mass is 35.5. The lowest BCUT2D eigenvalue weighted by Crippen LogP contribution is -2.25. The Balaban J connectivity index is 2.03. The van der Waals surface area contributed by atoms with E-state index in [0.29, 0.717) is 11.4 Å². The van der Waals surface area contributed by atoms with Crippen LogP contribution in [0.2, 0.25) is 0 Å². The van der Waals surface area contributed by atoms with Gasteiger partial charge < -0.3 is 5.32 Å². The molecule has 1 aliphatic rings. The maximum absolute atomic E-state index is 12.6. The molecule has 0 fully saturated rings. The largest absolute Gasteiger partial charge is 0.351 e. The second-order valence-electron chi connectivity index (χ2n) is 5.19. The molecule has 1 aromatic heterocycles. The molecule has 2 aromatic rings. The van der Waals surface area contributed by atoms with E-state index in [4.69, 9.17) is 11.6 Å². The minimum Gasteiger partial charge on any atom is -0.351 e. The Morgan fingerprint density at radius 3 is 2.32 bits per heavy atom. The summed E-state index contributed by atoms with van der Waals surface area (Å²) in [7, 11) is 0. The van der Waals surface area contributed by atoms with E-state index in [2.05, 4.69) is 10.3 Å². The van der Waals surface area contributed by atoms with E-state index in [1.54, 1.807) is 19.1 Å². The predicted molar refractivity (Wildman–Crippen MR) is 85.3 cm³/mol. The molecule has 110 valence electrons. The first-order chi connectivity index (χ1) is 10.5. The van der Waals surface area contributed by atoms with Crippen LogP contribution in [-0.4, -0.2) is 16.6 Å². The van der Waals surface area contributed by atoms with E-state index in [0.717, 1.165) is 5.56 Å². The standard InChI is InChI=1S/C17H13ClN2O2/c1-9-3-6-11(7-4-9)20-15-13(18)17(22)14-12(16(15)21)8-5-10(2)19-14/h3-8,20H,1-2H3. The molecule has 0 amide bonds. The highest BCUT2D eigenvalue weighted by Crippen LogP contribution is 2.28. The van der Waals surface area contributed by atoms with Gasteiger partial charge in [-0.15, -0.1) is 0 Å². The number of aromatic nitrogens is 1. The molecule has 0 unspecified atom stereocenters. The van der Waals surface area contributed by atoms with Crippen LogP contribution in [0.15, 0.2) is 47.1 Å². The minimum absolute atomic E-state index is 0.0914. The van der Waals surface area contributed by atoms with Crippen LogP contribution in [0.25, 0.3) is 0 Å². The van der Waals surface area contributed by atoms with E-state index >= 15 is 0 Å². The topological polar surface area (TPSA) is 59.1 Å². The van der Waals surface area contributed by atoms with Crippen molar-refractivity contribution in [3.63, 3.8) is 0 Å². The Morgan fingerprint density at radius 1 is 0.955 bits per heavy atom. The molecule has 1 heterocycles.